The Kier molecular flexibility index (Phi) is 5.14. The van der Waals surface area contributed by atoms with E-state index in [0.717, 1.165) is 0 Å². The minimum atomic E-state index is -0.985. The Morgan fingerprint density at radius 3 is 2.18 bits per heavy atom. The van der Waals surface area contributed by atoms with Crippen LogP contribution < -0.4 is 10.1 Å². The van der Waals surface area contributed by atoms with E-state index in [1.54, 1.807) is 55.6 Å². The molecule has 0 bridgehead atoms. The number of amides is 1. The van der Waals surface area contributed by atoms with Crippen molar-refractivity contribution in [3.63, 3.8) is 0 Å². The summed E-state index contributed by atoms with van der Waals surface area (Å²) in [6.07, 6.45) is -0.985. The number of rotatable bonds is 5. The molecule has 0 saturated carbocycles. The van der Waals surface area contributed by atoms with Gasteiger partial charge in [-0.1, -0.05) is 30.3 Å². The predicted molar refractivity (Wildman–Crippen MR) is 82.6 cm³/mol. The van der Waals surface area contributed by atoms with Crippen molar-refractivity contribution in [1.29, 1.82) is 0 Å². The monoisotopic (exact) mass is 299 g/mol. The van der Waals surface area contributed by atoms with Crippen LogP contribution in [0.2, 0.25) is 0 Å². The second kappa shape index (κ2) is 7.26. The Hall–Kier alpha value is -2.82. The number of benzene rings is 2. The molecule has 0 aliphatic heterocycles. The van der Waals surface area contributed by atoms with Crippen molar-refractivity contribution in [3.8, 4) is 5.75 Å². The summed E-state index contributed by atoms with van der Waals surface area (Å²) in [5.41, 5.74) is 1.21. The molecule has 2 aromatic rings. The molecule has 0 aromatic heterocycles. The quantitative estimate of drug-likeness (QED) is 0.862. The van der Waals surface area contributed by atoms with E-state index in [4.69, 9.17) is 9.47 Å². The topological polar surface area (TPSA) is 64.6 Å². The summed E-state index contributed by atoms with van der Waals surface area (Å²) in [6.45, 7) is 1.27. The molecule has 1 unspecified atom stereocenters. The number of anilines is 1. The van der Waals surface area contributed by atoms with Crippen LogP contribution in [-0.2, 0) is 14.3 Å². The Balaban J connectivity index is 2.16. The molecule has 5 heteroatoms. The van der Waals surface area contributed by atoms with Gasteiger partial charge in [0.25, 0.3) is 5.91 Å². The maximum absolute atomic E-state index is 12.4. The Labute approximate surface area is 128 Å². The van der Waals surface area contributed by atoms with Gasteiger partial charge in [0, 0.05) is 18.2 Å². The van der Waals surface area contributed by atoms with E-state index in [-0.39, 0.29) is 0 Å². The second-order valence-electron chi connectivity index (χ2n) is 4.62. The van der Waals surface area contributed by atoms with Crippen LogP contribution in [-0.4, -0.2) is 19.0 Å². The van der Waals surface area contributed by atoms with Gasteiger partial charge in [0.05, 0.1) is 7.11 Å². The highest BCUT2D eigenvalue weighted by molar-refractivity contribution is 5.96. The Morgan fingerprint density at radius 1 is 1.00 bits per heavy atom. The summed E-state index contributed by atoms with van der Waals surface area (Å²) >= 11 is 0. The lowest BCUT2D eigenvalue weighted by Gasteiger charge is -2.17. The largest absolute Gasteiger partial charge is 0.497 e. The van der Waals surface area contributed by atoms with Crippen LogP contribution in [0.15, 0.2) is 54.6 Å². The van der Waals surface area contributed by atoms with E-state index in [0.29, 0.717) is 17.0 Å². The summed E-state index contributed by atoms with van der Waals surface area (Å²) in [7, 11) is 1.57. The molecule has 0 fully saturated rings. The third kappa shape index (κ3) is 4.09. The van der Waals surface area contributed by atoms with Crippen LogP contribution in [0.5, 0.6) is 5.75 Å². The van der Waals surface area contributed by atoms with Gasteiger partial charge in [-0.2, -0.15) is 0 Å². The molecular weight excluding hydrogens is 282 g/mol. The first-order valence-electron chi connectivity index (χ1n) is 6.77. The fraction of sp³-hybridized carbons (Fsp3) is 0.176. The van der Waals surface area contributed by atoms with Gasteiger partial charge in [-0.05, 0) is 24.3 Å². The lowest BCUT2D eigenvalue weighted by atomic mass is 10.1. The first-order valence-corrected chi connectivity index (χ1v) is 6.77. The smallest absolute Gasteiger partial charge is 0.303 e. The number of hydrogen-bond donors (Lipinski definition) is 1. The van der Waals surface area contributed by atoms with E-state index in [2.05, 4.69) is 5.32 Å². The molecule has 22 heavy (non-hydrogen) atoms. The molecule has 5 nitrogen and oxygen atoms in total. The van der Waals surface area contributed by atoms with Gasteiger partial charge in [-0.15, -0.1) is 0 Å². The van der Waals surface area contributed by atoms with Gasteiger partial charge < -0.3 is 14.8 Å². The molecule has 0 radical (unpaired) electrons. The van der Waals surface area contributed by atoms with Crippen molar-refractivity contribution >= 4 is 17.6 Å². The SMILES string of the molecule is COc1ccc(NC(=O)C(OC(C)=O)c2ccccc2)cc1. The maximum atomic E-state index is 12.4. The van der Waals surface area contributed by atoms with Gasteiger partial charge in [0.2, 0.25) is 6.10 Å². The van der Waals surface area contributed by atoms with Crippen molar-refractivity contribution in [2.24, 2.45) is 0 Å². The van der Waals surface area contributed by atoms with Gasteiger partial charge >= 0.3 is 5.97 Å². The number of carbonyl (C=O) groups is 2. The van der Waals surface area contributed by atoms with Gasteiger partial charge in [-0.25, -0.2) is 0 Å². The number of nitrogens with one attached hydrogen (secondary N) is 1. The molecule has 0 saturated heterocycles. The summed E-state index contributed by atoms with van der Waals surface area (Å²) < 4.78 is 10.2. The molecular formula is C17H17NO4. The molecule has 2 aromatic carbocycles. The first-order chi connectivity index (χ1) is 10.6. The molecule has 114 valence electrons. The highest BCUT2D eigenvalue weighted by Crippen LogP contribution is 2.21. The van der Waals surface area contributed by atoms with Crippen LogP contribution >= 0.6 is 0 Å². The molecule has 1 N–H and O–H groups in total. The zero-order valence-corrected chi connectivity index (χ0v) is 12.4. The van der Waals surface area contributed by atoms with Gasteiger partial charge in [0.15, 0.2) is 0 Å². The van der Waals surface area contributed by atoms with Crippen LogP contribution in [0.1, 0.15) is 18.6 Å². The number of esters is 1. The highest BCUT2D eigenvalue weighted by atomic mass is 16.5. The minimum absolute atomic E-state index is 0.411. The Morgan fingerprint density at radius 2 is 1.64 bits per heavy atom. The van der Waals surface area contributed by atoms with Crippen molar-refractivity contribution in [2.75, 3.05) is 12.4 Å². The van der Waals surface area contributed by atoms with Crippen molar-refractivity contribution in [2.45, 2.75) is 13.0 Å². The molecule has 0 aliphatic carbocycles. The number of methoxy groups -OCH3 is 1. The van der Waals surface area contributed by atoms with E-state index in [1.807, 2.05) is 6.07 Å². The second-order valence-corrected chi connectivity index (χ2v) is 4.62. The lowest BCUT2D eigenvalue weighted by Crippen LogP contribution is -2.25. The fourth-order valence-electron chi connectivity index (χ4n) is 1.95. The van der Waals surface area contributed by atoms with Crippen molar-refractivity contribution in [1.82, 2.24) is 0 Å². The normalized spacial score (nSPS) is 11.4. The van der Waals surface area contributed by atoms with E-state index < -0.39 is 18.0 Å². The van der Waals surface area contributed by atoms with Gasteiger partial charge in [-0.3, -0.25) is 9.59 Å². The van der Waals surface area contributed by atoms with Crippen LogP contribution in [0.4, 0.5) is 5.69 Å². The highest BCUT2D eigenvalue weighted by Gasteiger charge is 2.23. The summed E-state index contributed by atoms with van der Waals surface area (Å²) in [6, 6.07) is 15.8. The first kappa shape index (κ1) is 15.6. The third-order valence-corrected chi connectivity index (χ3v) is 2.98. The van der Waals surface area contributed by atoms with Crippen LogP contribution in [0.3, 0.4) is 0 Å². The fourth-order valence-corrected chi connectivity index (χ4v) is 1.95. The van der Waals surface area contributed by atoms with Crippen LogP contribution in [0, 0.1) is 0 Å². The third-order valence-electron chi connectivity index (χ3n) is 2.98. The molecule has 1 atom stereocenters. The summed E-state index contributed by atoms with van der Waals surface area (Å²) in [5, 5.41) is 2.73. The van der Waals surface area contributed by atoms with Crippen molar-refractivity contribution in [3.05, 3.63) is 60.2 Å². The van der Waals surface area contributed by atoms with E-state index in [1.165, 1.54) is 6.92 Å². The number of carbonyl (C=O) groups excluding carboxylic acids is 2. The average Bonchev–Trinajstić information content (AvgIpc) is 2.54. The molecule has 2 rings (SSSR count). The average molecular weight is 299 g/mol. The summed E-state index contributed by atoms with van der Waals surface area (Å²) in [4.78, 5) is 23.6. The zero-order chi connectivity index (χ0) is 15.9. The predicted octanol–water partition coefficient (Wildman–Crippen LogP) is 2.94. The van der Waals surface area contributed by atoms with Gasteiger partial charge in [0.1, 0.15) is 5.75 Å². The van der Waals surface area contributed by atoms with E-state index in [9.17, 15) is 9.59 Å². The Bertz CT molecular complexity index is 637. The van der Waals surface area contributed by atoms with Crippen LogP contribution in [0.25, 0.3) is 0 Å². The molecule has 1 amide bonds. The standard InChI is InChI=1S/C17H17NO4/c1-12(19)22-16(13-6-4-3-5-7-13)17(20)18-14-8-10-15(21-2)11-9-14/h3-11,16H,1-2H3,(H,18,20). The zero-order valence-electron chi connectivity index (χ0n) is 12.4. The molecule has 0 heterocycles. The maximum Gasteiger partial charge on any atom is 0.303 e. The van der Waals surface area contributed by atoms with Crippen molar-refractivity contribution < 1.29 is 19.1 Å². The number of hydrogen-bond acceptors (Lipinski definition) is 4. The summed E-state index contributed by atoms with van der Waals surface area (Å²) in [5.74, 6) is -0.233. The lowest BCUT2D eigenvalue weighted by molar-refractivity contribution is -0.152. The number of ether oxygens (including phenoxy) is 2. The molecule has 0 spiro atoms. The van der Waals surface area contributed by atoms with E-state index >= 15 is 0 Å². The molecule has 0 aliphatic rings. The minimum Gasteiger partial charge on any atom is -0.497 e.